The first-order valence-electron chi connectivity index (χ1n) is 18.6. The number of hydrogen-bond donors (Lipinski definition) is 0. The second-order valence-corrected chi connectivity index (χ2v) is 16.3. The summed E-state index contributed by atoms with van der Waals surface area (Å²) in [5.41, 5.74) is 1.45. The lowest BCUT2D eigenvalue weighted by Crippen LogP contribution is -2.52. The first kappa shape index (κ1) is 35.7. The van der Waals surface area contributed by atoms with Crippen molar-refractivity contribution < 1.29 is 9.59 Å². The number of ketones is 2. The first-order chi connectivity index (χ1) is 22.2. The summed E-state index contributed by atoms with van der Waals surface area (Å²) in [4.78, 5) is 46.2. The molecule has 8 nitrogen and oxygen atoms in total. The average Bonchev–Trinajstić information content (AvgIpc) is 3.83. The zero-order valence-electron chi connectivity index (χ0n) is 29.2. The van der Waals surface area contributed by atoms with Gasteiger partial charge < -0.3 is 14.7 Å². The number of aromatic nitrogens is 2. The van der Waals surface area contributed by atoms with Gasteiger partial charge in [0.2, 0.25) is 5.95 Å². The highest BCUT2D eigenvalue weighted by Crippen LogP contribution is 2.67. The van der Waals surface area contributed by atoms with Crippen LogP contribution in [0.2, 0.25) is 0 Å². The van der Waals surface area contributed by atoms with E-state index in [2.05, 4.69) is 52.5 Å². The van der Waals surface area contributed by atoms with Crippen LogP contribution in [-0.2, 0) is 9.59 Å². The van der Waals surface area contributed by atoms with Gasteiger partial charge in [0, 0.05) is 69.8 Å². The molecule has 4 heterocycles. The molecule has 7 atom stereocenters. The van der Waals surface area contributed by atoms with E-state index >= 15 is 0 Å². The smallest absolute Gasteiger partial charge is 0.229 e. The minimum atomic E-state index is 0. The highest BCUT2D eigenvalue weighted by atomic mass is 35.5. The van der Waals surface area contributed by atoms with Crippen molar-refractivity contribution >= 4 is 54.0 Å². The number of piperazine rings is 1. The molecule has 0 aromatic carbocycles. The molecule has 4 aliphatic carbocycles. The van der Waals surface area contributed by atoms with Gasteiger partial charge in [0.25, 0.3) is 0 Å². The number of carbonyl (C=O) groups excluding carboxylic acids is 2. The summed E-state index contributed by atoms with van der Waals surface area (Å²) < 4.78 is 0. The van der Waals surface area contributed by atoms with Crippen molar-refractivity contribution in [3.63, 3.8) is 0 Å². The molecule has 10 heteroatoms. The Balaban J connectivity index is 0.00000201. The number of Topliss-reactive ketones (excluding diaryl/α,β-unsaturated/α-hetero) is 1. The third kappa shape index (κ3) is 6.10. The van der Waals surface area contributed by atoms with Gasteiger partial charge in [-0.15, -0.1) is 24.8 Å². The summed E-state index contributed by atoms with van der Waals surface area (Å²) in [6.07, 6.45) is 16.6. The summed E-state index contributed by atoms with van der Waals surface area (Å²) in [6.45, 7) is 15.7. The van der Waals surface area contributed by atoms with Gasteiger partial charge in [0.1, 0.15) is 11.6 Å². The van der Waals surface area contributed by atoms with Gasteiger partial charge in [0.05, 0.1) is 6.54 Å². The van der Waals surface area contributed by atoms with E-state index in [9.17, 15) is 9.59 Å². The molecule has 7 aliphatic rings. The Morgan fingerprint density at radius 2 is 1.48 bits per heavy atom. The summed E-state index contributed by atoms with van der Waals surface area (Å²) in [6, 6.07) is 2.22. The third-order valence-corrected chi connectivity index (χ3v) is 13.8. The highest BCUT2D eigenvalue weighted by Gasteiger charge is 2.61. The molecule has 0 bridgehead atoms. The van der Waals surface area contributed by atoms with E-state index in [0.717, 1.165) is 89.2 Å². The molecule has 1 aromatic heterocycles. The van der Waals surface area contributed by atoms with Crippen molar-refractivity contribution in [2.75, 3.05) is 73.6 Å². The zero-order valence-corrected chi connectivity index (χ0v) is 30.9. The number of carbonyl (C=O) groups is 2. The Morgan fingerprint density at radius 1 is 0.854 bits per heavy atom. The Morgan fingerprint density at radius 3 is 2.15 bits per heavy atom. The lowest BCUT2D eigenvalue weighted by atomic mass is 9.47. The molecular formula is C38H56Cl2N6O2. The van der Waals surface area contributed by atoms with Gasteiger partial charge in [-0.05, 0) is 99.0 Å². The van der Waals surface area contributed by atoms with Crippen LogP contribution in [-0.4, -0.2) is 85.3 Å². The van der Waals surface area contributed by atoms with E-state index in [-0.39, 0.29) is 47.3 Å². The molecule has 0 amide bonds. The van der Waals surface area contributed by atoms with Crippen LogP contribution in [0.3, 0.4) is 0 Å². The molecule has 0 unspecified atom stereocenters. The topological polar surface area (TPSA) is 72.9 Å². The van der Waals surface area contributed by atoms with Gasteiger partial charge in [0.15, 0.2) is 11.6 Å². The average molecular weight is 700 g/mol. The molecular weight excluding hydrogens is 643 g/mol. The Kier molecular flexibility index (Phi) is 10.3. The number of allylic oxidation sites excluding steroid dienone is 4. The Labute approximate surface area is 300 Å². The summed E-state index contributed by atoms with van der Waals surface area (Å²) in [5, 5.41) is 0. The number of rotatable bonds is 6. The summed E-state index contributed by atoms with van der Waals surface area (Å²) >= 11 is 0. The molecule has 8 rings (SSSR count). The lowest BCUT2D eigenvalue weighted by Gasteiger charge is -2.57. The van der Waals surface area contributed by atoms with E-state index in [0.29, 0.717) is 36.0 Å². The van der Waals surface area contributed by atoms with Gasteiger partial charge in [-0.1, -0.05) is 32.4 Å². The molecule has 3 saturated carbocycles. The van der Waals surface area contributed by atoms with Crippen molar-refractivity contribution in [2.45, 2.75) is 78.6 Å². The van der Waals surface area contributed by atoms with E-state index < -0.39 is 0 Å². The molecule has 3 aliphatic heterocycles. The standard InChI is InChI=1S/C38H54N6O2.2ClH/c1-26-22-31-29-9-8-27-23-28(45)10-12-37(27,2)30(29)11-13-38(31,3)35(26)32(46)25-41-18-20-43(21-19-41)34-24-33(42-14-4-5-15-42)39-36(40-34)44-16-6-7-17-44;;/h10,12,23-24,26,29-31,35H,4-9,11,13-22,25H2,1-3H3;2*1H/t26-,29-,30+,31+,35-,37+,38+;;/m1../s1. The molecule has 6 fully saturated rings. The quantitative estimate of drug-likeness (QED) is 0.339. The SMILES string of the molecule is C[C@@H]1C[C@H]2[C@@H]3CCC4=CC(=O)C=C[C@]4(C)[C@H]3CC[C@]2(C)[C@H]1C(=O)CN1CCN(c2cc(N3CCCC3)nc(N3CCCC3)n2)CC1.Cl.Cl. The minimum Gasteiger partial charge on any atom is -0.356 e. The summed E-state index contributed by atoms with van der Waals surface area (Å²) in [5.74, 6) is 6.09. The van der Waals surface area contributed by atoms with E-state index in [1.807, 2.05) is 12.2 Å². The predicted octanol–water partition coefficient (Wildman–Crippen LogP) is 6.38. The van der Waals surface area contributed by atoms with Crippen molar-refractivity contribution in [1.29, 1.82) is 0 Å². The van der Waals surface area contributed by atoms with E-state index in [1.54, 1.807) is 0 Å². The fraction of sp³-hybridized carbons (Fsp3) is 0.737. The monoisotopic (exact) mass is 698 g/mol. The lowest BCUT2D eigenvalue weighted by molar-refractivity contribution is -0.132. The second-order valence-electron chi connectivity index (χ2n) is 16.3. The van der Waals surface area contributed by atoms with Crippen LogP contribution in [0.4, 0.5) is 17.6 Å². The number of anilines is 3. The maximum atomic E-state index is 14.3. The van der Waals surface area contributed by atoms with Gasteiger partial charge in [-0.3, -0.25) is 14.5 Å². The maximum Gasteiger partial charge on any atom is 0.229 e. The van der Waals surface area contributed by atoms with Crippen LogP contribution < -0.4 is 14.7 Å². The molecule has 0 radical (unpaired) electrons. The van der Waals surface area contributed by atoms with Gasteiger partial charge in [-0.2, -0.15) is 9.97 Å². The van der Waals surface area contributed by atoms with Crippen LogP contribution in [0.25, 0.3) is 0 Å². The van der Waals surface area contributed by atoms with Crippen LogP contribution >= 0.6 is 24.8 Å². The van der Waals surface area contributed by atoms with E-state index in [4.69, 9.17) is 9.97 Å². The fourth-order valence-electron chi connectivity index (χ4n) is 11.4. The van der Waals surface area contributed by atoms with E-state index in [1.165, 1.54) is 44.1 Å². The normalized spacial score (nSPS) is 36.1. The van der Waals surface area contributed by atoms with Crippen molar-refractivity contribution in [3.05, 3.63) is 29.9 Å². The number of hydrogen-bond acceptors (Lipinski definition) is 8. The number of fused-ring (bicyclic) bond motifs is 5. The van der Waals surface area contributed by atoms with Crippen molar-refractivity contribution in [2.24, 2.45) is 40.4 Å². The van der Waals surface area contributed by atoms with Gasteiger partial charge in [-0.25, -0.2) is 0 Å². The predicted molar refractivity (Wildman–Crippen MR) is 198 cm³/mol. The molecule has 0 N–H and O–H groups in total. The molecule has 3 saturated heterocycles. The zero-order chi connectivity index (χ0) is 31.6. The van der Waals surface area contributed by atoms with Crippen LogP contribution in [0.5, 0.6) is 0 Å². The summed E-state index contributed by atoms with van der Waals surface area (Å²) in [7, 11) is 0. The van der Waals surface area contributed by atoms with Crippen molar-refractivity contribution in [3.8, 4) is 0 Å². The molecule has 0 spiro atoms. The maximum absolute atomic E-state index is 14.3. The van der Waals surface area contributed by atoms with Crippen LogP contribution in [0.15, 0.2) is 29.9 Å². The Hall–Kier alpha value is -2.16. The number of nitrogens with zero attached hydrogens (tertiary/aromatic N) is 6. The fourth-order valence-corrected chi connectivity index (χ4v) is 11.4. The third-order valence-electron chi connectivity index (χ3n) is 13.8. The second kappa shape index (κ2) is 13.9. The van der Waals surface area contributed by atoms with Gasteiger partial charge >= 0.3 is 0 Å². The minimum absolute atomic E-state index is 0. The molecule has 1 aromatic rings. The molecule has 48 heavy (non-hydrogen) atoms. The largest absolute Gasteiger partial charge is 0.356 e. The Bertz CT molecular complexity index is 1400. The van der Waals surface area contributed by atoms with Crippen LogP contribution in [0, 0.1) is 40.4 Å². The number of halogens is 2. The first-order valence-corrected chi connectivity index (χ1v) is 18.6. The highest BCUT2D eigenvalue weighted by molar-refractivity contribution is 6.01. The van der Waals surface area contributed by atoms with Crippen LogP contribution in [0.1, 0.15) is 78.6 Å². The van der Waals surface area contributed by atoms with Crippen molar-refractivity contribution in [1.82, 2.24) is 14.9 Å². The molecule has 264 valence electrons.